The van der Waals surface area contributed by atoms with Crippen LogP contribution in [-0.4, -0.2) is 48.5 Å². The van der Waals surface area contributed by atoms with Crippen LogP contribution in [-0.2, 0) is 19.1 Å². The molecule has 1 aliphatic rings. The monoisotopic (exact) mass is 517 g/mol. The quantitative estimate of drug-likeness (QED) is 0.543. The summed E-state index contributed by atoms with van der Waals surface area (Å²) in [6, 6.07) is 16.1. The van der Waals surface area contributed by atoms with Crippen LogP contribution in [0.1, 0.15) is 51.2 Å². The molecule has 2 unspecified atom stereocenters. The summed E-state index contributed by atoms with van der Waals surface area (Å²) in [5, 5.41) is 2.49. The Morgan fingerprint density at radius 3 is 2.30 bits per heavy atom. The summed E-state index contributed by atoms with van der Waals surface area (Å²) in [6.07, 6.45) is -8.40. The lowest BCUT2D eigenvalue weighted by atomic mass is 9.97. The molecule has 37 heavy (non-hydrogen) atoms. The van der Waals surface area contributed by atoms with Gasteiger partial charge in [0.2, 0.25) is 12.1 Å². The SMILES string of the molecule is CN1C(=O)C(NC(=O)C(CCC(F)(F)F)CC(=O)OC(C)(C)C)N=C(c2ccccc2)c2ccccc21. The van der Waals surface area contributed by atoms with Crippen molar-refractivity contribution in [1.29, 1.82) is 0 Å². The van der Waals surface area contributed by atoms with E-state index in [1.807, 2.05) is 6.07 Å². The second-order valence-electron chi connectivity index (χ2n) is 9.81. The van der Waals surface area contributed by atoms with Gasteiger partial charge in [-0.15, -0.1) is 0 Å². The molecule has 1 heterocycles. The van der Waals surface area contributed by atoms with Gasteiger partial charge in [0.05, 0.1) is 17.8 Å². The average molecular weight is 518 g/mol. The summed E-state index contributed by atoms with van der Waals surface area (Å²) in [7, 11) is 1.53. The van der Waals surface area contributed by atoms with Gasteiger partial charge in [-0.2, -0.15) is 13.2 Å². The number of amides is 2. The highest BCUT2D eigenvalue weighted by Gasteiger charge is 2.36. The van der Waals surface area contributed by atoms with Gasteiger partial charge in [-0.25, -0.2) is 4.99 Å². The van der Waals surface area contributed by atoms with E-state index in [4.69, 9.17) is 4.74 Å². The van der Waals surface area contributed by atoms with Crippen molar-refractivity contribution in [1.82, 2.24) is 5.32 Å². The number of aliphatic imine (C=N–C) groups is 1. The molecule has 7 nitrogen and oxygen atoms in total. The number of likely N-dealkylation sites (N-methyl/N-ethyl adjacent to an activating group) is 1. The number of nitrogens with zero attached hydrogens (tertiary/aromatic N) is 2. The first kappa shape index (κ1) is 27.9. The number of benzene rings is 2. The fourth-order valence-electron chi connectivity index (χ4n) is 3.94. The molecule has 2 amide bonds. The van der Waals surface area contributed by atoms with Crippen LogP contribution in [0.5, 0.6) is 0 Å². The Bertz CT molecular complexity index is 1170. The highest BCUT2D eigenvalue weighted by molar-refractivity contribution is 6.20. The van der Waals surface area contributed by atoms with Crippen molar-refractivity contribution in [3.05, 3.63) is 65.7 Å². The predicted molar refractivity (Wildman–Crippen MR) is 133 cm³/mol. The average Bonchev–Trinajstić information content (AvgIpc) is 2.91. The maximum atomic E-state index is 13.3. The Morgan fingerprint density at radius 1 is 1.05 bits per heavy atom. The molecular weight excluding hydrogens is 487 g/mol. The van der Waals surface area contributed by atoms with Gasteiger partial charge < -0.3 is 15.0 Å². The number of rotatable bonds is 7. The predicted octanol–water partition coefficient (Wildman–Crippen LogP) is 4.63. The molecule has 10 heteroatoms. The molecule has 2 atom stereocenters. The third-order valence-corrected chi connectivity index (χ3v) is 5.65. The molecule has 0 aliphatic carbocycles. The van der Waals surface area contributed by atoms with Crippen LogP contribution >= 0.6 is 0 Å². The van der Waals surface area contributed by atoms with E-state index in [0.717, 1.165) is 0 Å². The molecule has 0 aromatic heterocycles. The van der Waals surface area contributed by atoms with Crippen molar-refractivity contribution in [2.24, 2.45) is 10.9 Å². The number of nitrogens with one attached hydrogen (secondary N) is 1. The Labute approximate surface area is 213 Å². The van der Waals surface area contributed by atoms with Gasteiger partial charge in [-0.1, -0.05) is 48.5 Å². The number of carbonyl (C=O) groups is 3. The summed E-state index contributed by atoms with van der Waals surface area (Å²) < 4.78 is 44.1. The zero-order valence-electron chi connectivity index (χ0n) is 21.1. The highest BCUT2D eigenvalue weighted by Crippen LogP contribution is 2.29. The number of carbonyl (C=O) groups excluding carboxylic acids is 3. The maximum Gasteiger partial charge on any atom is 0.389 e. The normalized spacial score (nSPS) is 16.8. The number of alkyl halides is 3. The molecule has 2 aromatic rings. The van der Waals surface area contributed by atoms with Crippen molar-refractivity contribution in [2.45, 2.75) is 58.0 Å². The van der Waals surface area contributed by atoms with Gasteiger partial charge in [0.1, 0.15) is 5.60 Å². The lowest BCUT2D eigenvalue weighted by molar-refractivity contribution is -0.159. The molecule has 1 N–H and O–H groups in total. The van der Waals surface area contributed by atoms with Crippen molar-refractivity contribution in [3.63, 3.8) is 0 Å². The van der Waals surface area contributed by atoms with E-state index in [-0.39, 0.29) is 0 Å². The molecular formula is C27H30F3N3O4. The molecule has 0 radical (unpaired) electrons. The lowest BCUT2D eigenvalue weighted by Gasteiger charge is -2.24. The summed E-state index contributed by atoms with van der Waals surface area (Å²) in [6.45, 7) is 4.85. The number of hydrogen-bond acceptors (Lipinski definition) is 5. The third kappa shape index (κ3) is 7.65. The van der Waals surface area contributed by atoms with Crippen LogP contribution in [0, 0.1) is 5.92 Å². The Morgan fingerprint density at radius 2 is 1.68 bits per heavy atom. The standard InChI is InChI=1S/C27H30F3N3O4/c1-26(2,3)37-21(34)16-18(14-15-27(28,29)30)24(35)32-23-25(36)33(4)20-13-9-8-12-19(20)22(31-23)17-10-6-5-7-11-17/h5-13,18,23H,14-16H2,1-4H3,(H,32,35). The number of hydrogen-bond donors (Lipinski definition) is 1. The molecule has 1 aliphatic heterocycles. The van der Waals surface area contributed by atoms with Crippen molar-refractivity contribution < 1.29 is 32.3 Å². The Kier molecular flexibility index (Phi) is 8.40. The Balaban J connectivity index is 1.93. The van der Waals surface area contributed by atoms with Gasteiger partial charge in [-0.05, 0) is 33.3 Å². The minimum absolute atomic E-state index is 0.443. The van der Waals surface area contributed by atoms with E-state index in [0.29, 0.717) is 22.5 Å². The van der Waals surface area contributed by atoms with Gasteiger partial charge >= 0.3 is 12.1 Å². The number of halogens is 3. The zero-order chi connectivity index (χ0) is 27.4. The van der Waals surface area contributed by atoms with Crippen LogP contribution < -0.4 is 10.2 Å². The van der Waals surface area contributed by atoms with E-state index in [1.54, 1.807) is 69.3 Å². The Hall–Kier alpha value is -3.69. The van der Waals surface area contributed by atoms with E-state index in [2.05, 4.69) is 10.3 Å². The minimum Gasteiger partial charge on any atom is -0.460 e. The first-order valence-corrected chi connectivity index (χ1v) is 11.8. The second kappa shape index (κ2) is 11.1. The topological polar surface area (TPSA) is 88.1 Å². The third-order valence-electron chi connectivity index (χ3n) is 5.65. The molecule has 198 valence electrons. The van der Waals surface area contributed by atoms with Gasteiger partial charge in [0.15, 0.2) is 0 Å². The fraction of sp³-hybridized carbons (Fsp3) is 0.407. The van der Waals surface area contributed by atoms with Crippen molar-refractivity contribution in [2.75, 3.05) is 11.9 Å². The molecule has 0 saturated heterocycles. The number of ether oxygens (including phenoxy) is 1. The number of benzodiazepines with no additional fused rings is 1. The first-order valence-electron chi connectivity index (χ1n) is 11.8. The van der Waals surface area contributed by atoms with E-state index in [9.17, 15) is 27.6 Å². The van der Waals surface area contributed by atoms with Gasteiger partial charge in [0.25, 0.3) is 5.91 Å². The van der Waals surface area contributed by atoms with Crippen LogP contribution in [0.2, 0.25) is 0 Å². The largest absolute Gasteiger partial charge is 0.460 e. The molecule has 2 aromatic carbocycles. The van der Waals surface area contributed by atoms with Gasteiger partial charge in [-0.3, -0.25) is 14.4 Å². The molecule has 3 rings (SSSR count). The highest BCUT2D eigenvalue weighted by atomic mass is 19.4. The van der Waals surface area contributed by atoms with Gasteiger partial charge in [0, 0.05) is 30.5 Å². The number of anilines is 1. The zero-order valence-corrected chi connectivity index (χ0v) is 21.1. The van der Waals surface area contributed by atoms with Crippen LogP contribution in [0.25, 0.3) is 0 Å². The second-order valence-corrected chi connectivity index (χ2v) is 9.81. The summed E-state index contributed by atoms with van der Waals surface area (Å²) >= 11 is 0. The van der Waals surface area contributed by atoms with Crippen LogP contribution in [0.15, 0.2) is 59.6 Å². The smallest absolute Gasteiger partial charge is 0.389 e. The van der Waals surface area contributed by atoms with E-state index >= 15 is 0 Å². The molecule has 0 fully saturated rings. The summed E-state index contributed by atoms with van der Waals surface area (Å²) in [5.41, 5.74) is 1.48. The maximum absolute atomic E-state index is 13.3. The first-order chi connectivity index (χ1) is 17.2. The van der Waals surface area contributed by atoms with Crippen LogP contribution in [0.3, 0.4) is 0 Å². The number of para-hydroxylation sites is 1. The summed E-state index contributed by atoms with van der Waals surface area (Å²) in [5.74, 6) is -3.63. The van der Waals surface area contributed by atoms with E-state index < -0.39 is 60.9 Å². The lowest BCUT2D eigenvalue weighted by Crippen LogP contribution is -2.48. The summed E-state index contributed by atoms with van der Waals surface area (Å²) in [4.78, 5) is 44.7. The molecule has 0 saturated carbocycles. The number of fused-ring (bicyclic) bond motifs is 1. The van der Waals surface area contributed by atoms with E-state index in [1.165, 1.54) is 11.9 Å². The molecule has 0 spiro atoms. The van der Waals surface area contributed by atoms with Crippen molar-refractivity contribution in [3.8, 4) is 0 Å². The van der Waals surface area contributed by atoms with Crippen molar-refractivity contribution >= 4 is 29.2 Å². The minimum atomic E-state index is -4.52. The molecule has 0 bridgehead atoms. The fourth-order valence-corrected chi connectivity index (χ4v) is 3.94. The van der Waals surface area contributed by atoms with Crippen LogP contribution in [0.4, 0.5) is 18.9 Å². The number of esters is 1.